The first-order valence-electron chi connectivity index (χ1n) is 6.78. The summed E-state index contributed by atoms with van der Waals surface area (Å²) in [6.07, 6.45) is 0. The van der Waals surface area contributed by atoms with Gasteiger partial charge in [0, 0.05) is 16.3 Å². The number of benzene rings is 2. The van der Waals surface area contributed by atoms with Crippen molar-refractivity contribution in [3.63, 3.8) is 0 Å². The van der Waals surface area contributed by atoms with Gasteiger partial charge in [0.25, 0.3) is 0 Å². The van der Waals surface area contributed by atoms with Crippen molar-refractivity contribution in [3.05, 3.63) is 48.0 Å². The summed E-state index contributed by atoms with van der Waals surface area (Å²) in [7, 11) is 0. The second-order valence-electron chi connectivity index (χ2n) is 4.91. The van der Waals surface area contributed by atoms with Gasteiger partial charge in [0.05, 0.1) is 6.04 Å². The van der Waals surface area contributed by atoms with Crippen LogP contribution in [0.4, 0.5) is 5.69 Å². The van der Waals surface area contributed by atoms with Crippen LogP contribution >= 0.6 is 11.8 Å². The van der Waals surface area contributed by atoms with Gasteiger partial charge < -0.3 is 14.8 Å². The van der Waals surface area contributed by atoms with Crippen LogP contribution < -0.4 is 14.8 Å². The lowest BCUT2D eigenvalue weighted by Gasteiger charge is -2.28. The number of hydrogen-bond acceptors (Lipinski definition) is 4. The Morgan fingerprint density at radius 2 is 1.85 bits per heavy atom. The van der Waals surface area contributed by atoms with E-state index in [1.54, 1.807) is 0 Å². The fourth-order valence-corrected chi connectivity index (χ4v) is 3.65. The molecule has 0 aliphatic carbocycles. The van der Waals surface area contributed by atoms with E-state index in [0.29, 0.717) is 19.3 Å². The number of thioether (sulfide) groups is 1. The molecule has 0 saturated carbocycles. The highest BCUT2D eigenvalue weighted by molar-refractivity contribution is 7.99. The first-order chi connectivity index (χ1) is 9.90. The minimum atomic E-state index is 0.311. The zero-order valence-electron chi connectivity index (χ0n) is 11.0. The normalized spacial score (nSPS) is 19.9. The molecule has 1 unspecified atom stereocenters. The molecule has 2 heterocycles. The quantitative estimate of drug-likeness (QED) is 0.865. The summed E-state index contributed by atoms with van der Waals surface area (Å²) in [4.78, 5) is 1.32. The molecule has 2 aromatic rings. The molecule has 20 heavy (non-hydrogen) atoms. The average Bonchev–Trinajstić information content (AvgIpc) is 2.54. The van der Waals surface area contributed by atoms with Gasteiger partial charge in [0.15, 0.2) is 11.5 Å². The van der Waals surface area contributed by atoms with Crippen molar-refractivity contribution in [3.8, 4) is 11.5 Å². The highest BCUT2D eigenvalue weighted by Crippen LogP contribution is 2.40. The SMILES string of the molecule is c1ccc2c(c1)NC(c1ccc3c(c1)OCCO3)CS2. The Morgan fingerprint density at radius 1 is 1.00 bits per heavy atom. The third-order valence-electron chi connectivity index (χ3n) is 3.59. The van der Waals surface area contributed by atoms with Crippen molar-refractivity contribution < 1.29 is 9.47 Å². The molecule has 2 aliphatic heterocycles. The van der Waals surface area contributed by atoms with Gasteiger partial charge in [-0.05, 0) is 29.8 Å². The van der Waals surface area contributed by atoms with Crippen molar-refractivity contribution in [2.24, 2.45) is 0 Å². The third kappa shape index (κ3) is 2.10. The summed E-state index contributed by atoms with van der Waals surface area (Å²) >= 11 is 1.89. The van der Waals surface area contributed by atoms with Crippen LogP contribution in [0.2, 0.25) is 0 Å². The topological polar surface area (TPSA) is 30.5 Å². The van der Waals surface area contributed by atoms with Crippen LogP contribution in [-0.2, 0) is 0 Å². The number of anilines is 1. The maximum absolute atomic E-state index is 5.66. The van der Waals surface area contributed by atoms with Gasteiger partial charge in [-0.3, -0.25) is 0 Å². The van der Waals surface area contributed by atoms with Gasteiger partial charge in [-0.15, -0.1) is 11.8 Å². The summed E-state index contributed by atoms with van der Waals surface area (Å²) in [5.41, 5.74) is 2.46. The van der Waals surface area contributed by atoms with Gasteiger partial charge in [-0.1, -0.05) is 18.2 Å². The molecule has 4 rings (SSSR count). The number of para-hydroxylation sites is 1. The first kappa shape index (κ1) is 12.0. The van der Waals surface area contributed by atoms with Crippen LogP contribution in [-0.4, -0.2) is 19.0 Å². The second-order valence-corrected chi connectivity index (χ2v) is 5.97. The fourth-order valence-electron chi connectivity index (χ4n) is 2.57. The van der Waals surface area contributed by atoms with E-state index < -0.39 is 0 Å². The lowest BCUT2D eigenvalue weighted by atomic mass is 10.1. The minimum absolute atomic E-state index is 0.311. The molecular formula is C16H15NO2S. The number of fused-ring (bicyclic) bond motifs is 2. The van der Waals surface area contributed by atoms with E-state index in [9.17, 15) is 0 Å². The van der Waals surface area contributed by atoms with Crippen LogP contribution in [0.5, 0.6) is 11.5 Å². The fraction of sp³-hybridized carbons (Fsp3) is 0.250. The van der Waals surface area contributed by atoms with E-state index in [2.05, 4.69) is 41.7 Å². The molecule has 0 bridgehead atoms. The summed E-state index contributed by atoms with van der Waals surface area (Å²) in [6, 6.07) is 15.0. The Bertz CT molecular complexity index is 644. The molecule has 3 nitrogen and oxygen atoms in total. The number of hydrogen-bond donors (Lipinski definition) is 1. The molecule has 0 saturated heterocycles. The van der Waals surface area contributed by atoms with E-state index in [4.69, 9.17) is 9.47 Å². The zero-order valence-corrected chi connectivity index (χ0v) is 11.8. The van der Waals surface area contributed by atoms with E-state index >= 15 is 0 Å². The summed E-state index contributed by atoms with van der Waals surface area (Å²) in [6.45, 7) is 1.27. The molecule has 2 aliphatic rings. The molecule has 1 atom stereocenters. The van der Waals surface area contributed by atoms with Crippen molar-refractivity contribution in [1.82, 2.24) is 0 Å². The van der Waals surface area contributed by atoms with E-state index in [0.717, 1.165) is 17.3 Å². The molecule has 102 valence electrons. The molecule has 4 heteroatoms. The average molecular weight is 285 g/mol. The van der Waals surface area contributed by atoms with Crippen LogP contribution in [0.25, 0.3) is 0 Å². The van der Waals surface area contributed by atoms with Gasteiger partial charge in [-0.2, -0.15) is 0 Å². The number of nitrogens with one attached hydrogen (secondary N) is 1. The van der Waals surface area contributed by atoms with Crippen molar-refractivity contribution in [2.45, 2.75) is 10.9 Å². The van der Waals surface area contributed by atoms with E-state index in [1.807, 2.05) is 17.8 Å². The van der Waals surface area contributed by atoms with Crippen molar-refractivity contribution in [2.75, 3.05) is 24.3 Å². The van der Waals surface area contributed by atoms with Crippen LogP contribution in [0, 0.1) is 0 Å². The van der Waals surface area contributed by atoms with E-state index in [-0.39, 0.29) is 0 Å². The largest absolute Gasteiger partial charge is 0.486 e. The Morgan fingerprint density at radius 3 is 2.80 bits per heavy atom. The summed E-state index contributed by atoms with van der Waals surface area (Å²) in [5.74, 6) is 2.74. The number of ether oxygens (including phenoxy) is 2. The minimum Gasteiger partial charge on any atom is -0.486 e. The molecule has 1 N–H and O–H groups in total. The Hall–Kier alpha value is -1.81. The molecular weight excluding hydrogens is 270 g/mol. The van der Waals surface area contributed by atoms with Crippen molar-refractivity contribution >= 4 is 17.4 Å². The van der Waals surface area contributed by atoms with Crippen molar-refractivity contribution in [1.29, 1.82) is 0 Å². The zero-order chi connectivity index (χ0) is 13.4. The van der Waals surface area contributed by atoms with Crippen LogP contribution in [0.15, 0.2) is 47.4 Å². The Balaban J connectivity index is 1.63. The highest BCUT2D eigenvalue weighted by Gasteiger charge is 2.21. The van der Waals surface area contributed by atoms with Gasteiger partial charge in [0.1, 0.15) is 13.2 Å². The van der Waals surface area contributed by atoms with Crippen LogP contribution in [0.1, 0.15) is 11.6 Å². The maximum atomic E-state index is 5.66. The lowest BCUT2D eigenvalue weighted by Crippen LogP contribution is -2.19. The maximum Gasteiger partial charge on any atom is 0.161 e. The van der Waals surface area contributed by atoms with E-state index in [1.165, 1.54) is 16.1 Å². The Labute approximate surface area is 122 Å². The van der Waals surface area contributed by atoms with Gasteiger partial charge >= 0.3 is 0 Å². The molecule has 0 fully saturated rings. The lowest BCUT2D eigenvalue weighted by molar-refractivity contribution is 0.171. The third-order valence-corrected chi connectivity index (χ3v) is 4.76. The molecule has 2 aromatic carbocycles. The first-order valence-corrected chi connectivity index (χ1v) is 7.76. The second kappa shape index (κ2) is 4.94. The Kier molecular flexibility index (Phi) is 2.96. The predicted molar refractivity (Wildman–Crippen MR) is 81.0 cm³/mol. The standard InChI is InChI=1S/C16H15NO2S/c1-2-4-16-12(3-1)17-13(10-20-16)11-5-6-14-15(9-11)19-8-7-18-14/h1-6,9,13,17H,7-8,10H2. The van der Waals surface area contributed by atoms with Gasteiger partial charge in [-0.25, -0.2) is 0 Å². The summed E-state index contributed by atoms with van der Waals surface area (Å²) in [5, 5.41) is 3.60. The number of rotatable bonds is 1. The van der Waals surface area contributed by atoms with Crippen LogP contribution in [0.3, 0.4) is 0 Å². The van der Waals surface area contributed by atoms with Gasteiger partial charge in [0.2, 0.25) is 0 Å². The molecule has 0 aromatic heterocycles. The summed E-state index contributed by atoms with van der Waals surface area (Å²) < 4.78 is 11.2. The molecule has 0 spiro atoms. The molecule has 0 amide bonds. The monoisotopic (exact) mass is 285 g/mol. The predicted octanol–water partition coefficient (Wildman–Crippen LogP) is 3.72. The molecule has 0 radical (unpaired) electrons. The smallest absolute Gasteiger partial charge is 0.161 e. The highest BCUT2D eigenvalue weighted by atomic mass is 32.2.